The Balaban J connectivity index is 2.92. The van der Waals surface area contributed by atoms with Crippen LogP contribution in [0.2, 0.25) is 5.02 Å². The van der Waals surface area contributed by atoms with Gasteiger partial charge in [0.15, 0.2) is 5.58 Å². The molecular weight excluding hydrogens is 164 g/mol. The average Bonchev–Trinajstić information content (AvgIpc) is 2.42. The Kier molecular flexibility index (Phi) is 0.896. The Hall–Kier alpha value is -1.22. The first-order chi connectivity index (χ1) is 6.09. The third kappa shape index (κ3) is 1.03. The molecule has 1 aromatic heterocycles. The smallest absolute Gasteiger partial charge is 0.292 e. The monoisotopic (exact) mass is 170 g/mol. The van der Waals surface area contributed by atoms with E-state index in [-0.39, 0.29) is 23.1 Å². The van der Waals surface area contributed by atoms with E-state index in [1.807, 2.05) is 0 Å². The minimum atomic E-state index is -0.0235. The lowest BCUT2D eigenvalue weighted by Gasteiger charge is -1.85. The van der Waals surface area contributed by atoms with Crippen LogP contribution >= 0.6 is 11.6 Å². The van der Waals surface area contributed by atoms with Gasteiger partial charge in [0.05, 0.1) is 2.74 Å². The van der Waals surface area contributed by atoms with Gasteiger partial charge < -0.3 is 10.2 Å². The predicted octanol–water partition coefficient (Wildman–Crippen LogP) is 2.06. The van der Waals surface area contributed by atoms with Crippen molar-refractivity contribution in [2.75, 3.05) is 5.73 Å². The van der Waals surface area contributed by atoms with Crippen LogP contribution in [0.5, 0.6) is 0 Å². The van der Waals surface area contributed by atoms with E-state index < -0.39 is 0 Å². The number of fused-ring (bicyclic) bond motifs is 1. The molecule has 0 amide bonds. The molecule has 0 aliphatic heterocycles. The Labute approximate surface area is 70.6 Å². The summed E-state index contributed by atoms with van der Waals surface area (Å²) in [5.41, 5.74) is 5.90. The zero-order valence-electron chi connectivity index (χ0n) is 7.39. The largest absolute Gasteiger partial charge is 0.424 e. The van der Waals surface area contributed by atoms with E-state index in [1.165, 1.54) is 6.07 Å². The van der Waals surface area contributed by atoms with E-state index >= 15 is 0 Å². The topological polar surface area (TPSA) is 52.0 Å². The molecule has 1 heterocycles. The van der Waals surface area contributed by atoms with Gasteiger partial charge in [-0.05, 0) is 18.2 Å². The molecule has 0 atom stereocenters. The van der Waals surface area contributed by atoms with Crippen LogP contribution in [0.1, 0.15) is 2.74 Å². The van der Waals surface area contributed by atoms with Crippen LogP contribution in [0.25, 0.3) is 11.1 Å². The summed E-state index contributed by atoms with van der Waals surface area (Å²) in [7, 11) is 0. The summed E-state index contributed by atoms with van der Waals surface area (Å²) in [4.78, 5) is 3.77. The van der Waals surface area contributed by atoms with Crippen molar-refractivity contribution in [3.05, 3.63) is 23.2 Å². The fourth-order valence-electron chi connectivity index (χ4n) is 0.805. The normalized spacial score (nSPS) is 13.2. The van der Waals surface area contributed by atoms with Crippen molar-refractivity contribution < 1.29 is 7.16 Å². The number of halogens is 1. The second-order valence-electron chi connectivity index (χ2n) is 1.99. The number of aromatic nitrogens is 1. The van der Waals surface area contributed by atoms with Crippen molar-refractivity contribution >= 4 is 28.7 Å². The van der Waals surface area contributed by atoms with Crippen molar-refractivity contribution in [3.63, 3.8) is 0 Å². The molecule has 0 saturated carbocycles. The summed E-state index contributed by atoms with van der Waals surface area (Å²) in [6.45, 7) is 0. The number of anilines is 1. The number of nitrogen functional groups attached to an aromatic ring is 1. The molecule has 4 heteroatoms. The molecule has 56 valence electrons. The maximum atomic E-state index is 7.51. The Morgan fingerprint density at radius 1 is 1.73 bits per heavy atom. The zero-order chi connectivity index (χ0) is 9.59. The van der Waals surface area contributed by atoms with Gasteiger partial charge in [0, 0.05) is 5.02 Å². The number of hydrogen-bond donors (Lipinski definition) is 1. The summed E-state index contributed by atoms with van der Waals surface area (Å²) in [6, 6.07) is 1.38. The lowest BCUT2D eigenvalue weighted by Crippen LogP contribution is -1.80. The molecule has 2 N–H and O–H groups in total. The fourth-order valence-corrected chi connectivity index (χ4v) is 0.949. The van der Waals surface area contributed by atoms with Gasteiger partial charge in [-0.1, -0.05) is 11.6 Å². The van der Waals surface area contributed by atoms with Gasteiger partial charge in [-0.2, -0.15) is 4.98 Å². The highest BCUT2D eigenvalue weighted by Crippen LogP contribution is 2.20. The SMILES string of the molecule is [2H]c1cc2oc(N)nc2c([2H])c1Cl. The van der Waals surface area contributed by atoms with E-state index in [1.54, 1.807) is 0 Å². The summed E-state index contributed by atoms with van der Waals surface area (Å²) in [6.07, 6.45) is 0. The molecule has 0 saturated heterocycles. The number of oxazole rings is 1. The number of nitrogens with zero attached hydrogens (tertiary/aromatic N) is 1. The van der Waals surface area contributed by atoms with Gasteiger partial charge in [-0.3, -0.25) is 0 Å². The number of benzene rings is 1. The van der Waals surface area contributed by atoms with Crippen molar-refractivity contribution in [3.8, 4) is 0 Å². The Bertz CT molecular complexity index is 483. The van der Waals surface area contributed by atoms with Gasteiger partial charge in [0.1, 0.15) is 5.52 Å². The number of hydrogen-bond acceptors (Lipinski definition) is 3. The molecule has 11 heavy (non-hydrogen) atoms. The van der Waals surface area contributed by atoms with Gasteiger partial charge in [-0.15, -0.1) is 0 Å². The zero-order valence-corrected chi connectivity index (χ0v) is 6.14. The van der Waals surface area contributed by atoms with Crippen molar-refractivity contribution in [1.82, 2.24) is 4.98 Å². The van der Waals surface area contributed by atoms with Crippen LogP contribution in [-0.2, 0) is 0 Å². The van der Waals surface area contributed by atoms with Gasteiger partial charge in [0.25, 0.3) is 6.01 Å². The molecule has 1 aromatic carbocycles. The quantitative estimate of drug-likeness (QED) is 0.659. The molecule has 0 fully saturated rings. The fraction of sp³-hybridized carbons (Fsp3) is 0. The predicted molar refractivity (Wildman–Crippen MR) is 43.4 cm³/mol. The van der Waals surface area contributed by atoms with Crippen LogP contribution < -0.4 is 5.73 Å². The van der Waals surface area contributed by atoms with E-state index in [2.05, 4.69) is 4.98 Å². The minimum absolute atomic E-state index is 0.0230. The van der Waals surface area contributed by atoms with Gasteiger partial charge >= 0.3 is 0 Å². The van der Waals surface area contributed by atoms with Crippen LogP contribution in [0.15, 0.2) is 22.6 Å². The maximum Gasteiger partial charge on any atom is 0.292 e. The average molecular weight is 171 g/mol. The second-order valence-corrected chi connectivity index (χ2v) is 2.37. The van der Waals surface area contributed by atoms with Crippen LogP contribution in [-0.4, -0.2) is 4.98 Å². The summed E-state index contributed by atoms with van der Waals surface area (Å²) < 4.78 is 19.8. The van der Waals surface area contributed by atoms with Crippen molar-refractivity contribution in [2.45, 2.75) is 0 Å². The molecule has 2 rings (SSSR count). The highest BCUT2D eigenvalue weighted by atomic mass is 35.5. The molecule has 3 nitrogen and oxygen atoms in total. The first-order valence-electron chi connectivity index (χ1n) is 3.91. The minimum Gasteiger partial charge on any atom is -0.424 e. The molecule has 0 spiro atoms. The highest BCUT2D eigenvalue weighted by molar-refractivity contribution is 6.31. The van der Waals surface area contributed by atoms with E-state index in [0.717, 1.165) is 0 Å². The molecule has 2 aromatic rings. The molecular formula is C7H5ClN2O. The molecule has 0 aliphatic rings. The lowest BCUT2D eigenvalue weighted by atomic mass is 10.3. The Morgan fingerprint density at radius 2 is 2.55 bits per heavy atom. The second kappa shape index (κ2) is 2.13. The molecule has 0 bridgehead atoms. The summed E-state index contributed by atoms with van der Waals surface area (Å²) >= 11 is 5.67. The standard InChI is InChI=1S/C7H5ClN2O/c8-4-1-2-6-5(3-4)10-7(9)11-6/h1-3H,(H2,9,10)/i1D,3D. The van der Waals surface area contributed by atoms with E-state index in [0.29, 0.717) is 11.1 Å². The highest BCUT2D eigenvalue weighted by Gasteiger charge is 2.01. The van der Waals surface area contributed by atoms with E-state index in [4.69, 9.17) is 24.5 Å². The maximum absolute atomic E-state index is 7.51. The Morgan fingerprint density at radius 3 is 3.36 bits per heavy atom. The van der Waals surface area contributed by atoms with Crippen molar-refractivity contribution in [1.29, 1.82) is 0 Å². The molecule has 0 aliphatic carbocycles. The summed E-state index contributed by atoms with van der Waals surface area (Å²) in [5, 5.41) is 0.0563. The molecule has 0 radical (unpaired) electrons. The first kappa shape index (κ1) is 4.62. The van der Waals surface area contributed by atoms with Crippen LogP contribution in [0.3, 0.4) is 0 Å². The number of nitrogens with two attached hydrogens (primary N) is 1. The number of rotatable bonds is 0. The van der Waals surface area contributed by atoms with Gasteiger partial charge in [-0.25, -0.2) is 0 Å². The third-order valence-corrected chi connectivity index (χ3v) is 1.43. The van der Waals surface area contributed by atoms with Crippen LogP contribution in [0, 0.1) is 0 Å². The van der Waals surface area contributed by atoms with E-state index in [9.17, 15) is 0 Å². The molecule has 0 unspecified atom stereocenters. The first-order valence-corrected chi connectivity index (χ1v) is 3.29. The van der Waals surface area contributed by atoms with Crippen molar-refractivity contribution in [2.24, 2.45) is 0 Å². The van der Waals surface area contributed by atoms with Gasteiger partial charge in [0.2, 0.25) is 0 Å². The third-order valence-electron chi connectivity index (χ3n) is 1.23. The lowest BCUT2D eigenvalue weighted by molar-refractivity contribution is 0.626. The summed E-state index contributed by atoms with van der Waals surface area (Å²) in [5.74, 6) is 0. The van der Waals surface area contributed by atoms with Crippen LogP contribution in [0.4, 0.5) is 6.01 Å².